The van der Waals surface area contributed by atoms with Gasteiger partial charge in [0.2, 0.25) is 11.8 Å². The highest BCUT2D eigenvalue weighted by Crippen LogP contribution is 2.25. The Kier molecular flexibility index (Phi) is 7.32. The molecule has 1 aromatic heterocycles. The van der Waals surface area contributed by atoms with Crippen LogP contribution in [0.4, 0.5) is 5.69 Å². The maximum absolute atomic E-state index is 12.2. The molecule has 2 rings (SSSR count). The number of nitrogens with one attached hydrogen (secondary N) is 1. The summed E-state index contributed by atoms with van der Waals surface area (Å²) in [7, 11) is 0. The Morgan fingerprint density at radius 1 is 1.28 bits per heavy atom. The Morgan fingerprint density at radius 2 is 2.04 bits per heavy atom. The fourth-order valence-electron chi connectivity index (χ4n) is 2.23. The molecule has 1 heterocycles. The molecule has 0 saturated heterocycles. The minimum Gasteiger partial charge on any atom is -0.370 e. The summed E-state index contributed by atoms with van der Waals surface area (Å²) in [5.41, 5.74) is 5.98. The van der Waals surface area contributed by atoms with Crippen LogP contribution in [-0.4, -0.2) is 38.6 Å². The van der Waals surface area contributed by atoms with Crippen LogP contribution < -0.4 is 11.1 Å². The summed E-state index contributed by atoms with van der Waals surface area (Å²) in [5, 5.41) is 11.8. The van der Waals surface area contributed by atoms with Gasteiger partial charge in [0.05, 0.1) is 11.4 Å². The fraction of sp³-hybridized carbons (Fsp3) is 0.375. The Balaban J connectivity index is 1.96. The number of rotatable bonds is 9. The van der Waals surface area contributed by atoms with E-state index in [4.69, 9.17) is 5.73 Å². The minimum atomic E-state index is -0.369. The number of para-hydroxylation sites is 1. The van der Waals surface area contributed by atoms with Gasteiger partial charge in [-0.1, -0.05) is 23.9 Å². The van der Waals surface area contributed by atoms with Gasteiger partial charge in [-0.25, -0.2) is 0 Å². The third kappa shape index (κ3) is 5.50. The van der Waals surface area contributed by atoms with Crippen molar-refractivity contribution in [1.82, 2.24) is 14.8 Å². The molecule has 0 atom stereocenters. The number of nitrogens with zero attached hydrogens (tertiary/aromatic N) is 3. The highest BCUT2D eigenvalue weighted by atomic mass is 32.2. The maximum atomic E-state index is 12.2. The van der Waals surface area contributed by atoms with E-state index in [1.165, 1.54) is 11.8 Å². The lowest BCUT2D eigenvalue weighted by molar-refractivity contribution is -0.118. The summed E-state index contributed by atoms with van der Waals surface area (Å²) in [4.78, 5) is 24.2. The topological polar surface area (TPSA) is 103 Å². The number of anilines is 1. The van der Waals surface area contributed by atoms with Gasteiger partial charge < -0.3 is 15.6 Å². The first-order valence-electron chi connectivity index (χ1n) is 7.81. The van der Waals surface area contributed by atoms with Crippen molar-refractivity contribution in [3.63, 3.8) is 0 Å². The van der Waals surface area contributed by atoms with Gasteiger partial charge in [-0.2, -0.15) is 0 Å². The summed E-state index contributed by atoms with van der Waals surface area (Å²) in [6, 6.07) is 7.67. The summed E-state index contributed by atoms with van der Waals surface area (Å²) in [6.07, 6.45) is 2.65. The molecule has 2 aromatic rings. The van der Waals surface area contributed by atoms with Crippen LogP contribution in [0.2, 0.25) is 0 Å². The van der Waals surface area contributed by atoms with E-state index >= 15 is 0 Å². The standard InChI is InChI=1S/C16H21N5O2S2/c1-3-21-14(9-8-13(17)22)19-20-16(21)25-10-15(23)18-11-6-4-5-7-12(11)24-2/h4-7H,3,8-10H2,1-2H3,(H2,17,22)(H,18,23). The molecule has 25 heavy (non-hydrogen) atoms. The number of nitrogens with two attached hydrogens (primary N) is 1. The normalized spacial score (nSPS) is 10.6. The Labute approximate surface area is 155 Å². The molecule has 0 unspecified atom stereocenters. The first-order chi connectivity index (χ1) is 12.0. The molecular formula is C16H21N5O2S2. The quantitative estimate of drug-likeness (QED) is 0.647. The maximum Gasteiger partial charge on any atom is 0.234 e. The van der Waals surface area contributed by atoms with Crippen molar-refractivity contribution in [2.45, 2.75) is 36.4 Å². The number of hydrogen-bond acceptors (Lipinski definition) is 6. The zero-order chi connectivity index (χ0) is 18.2. The van der Waals surface area contributed by atoms with Crippen molar-refractivity contribution in [3.05, 3.63) is 30.1 Å². The molecule has 9 heteroatoms. The molecule has 0 aliphatic rings. The number of aromatic nitrogens is 3. The SMILES string of the molecule is CCn1c(CCC(N)=O)nnc1SCC(=O)Nc1ccccc1SC. The van der Waals surface area contributed by atoms with E-state index in [1.807, 2.05) is 42.0 Å². The van der Waals surface area contributed by atoms with Gasteiger partial charge in [-0.05, 0) is 25.3 Å². The van der Waals surface area contributed by atoms with Gasteiger partial charge in [0.1, 0.15) is 5.82 Å². The number of hydrogen-bond donors (Lipinski definition) is 2. The van der Waals surface area contributed by atoms with E-state index in [0.29, 0.717) is 23.9 Å². The zero-order valence-corrected chi connectivity index (χ0v) is 15.8. The number of benzene rings is 1. The highest BCUT2D eigenvalue weighted by molar-refractivity contribution is 7.99. The Morgan fingerprint density at radius 3 is 2.72 bits per heavy atom. The molecule has 0 radical (unpaired) electrons. The largest absolute Gasteiger partial charge is 0.370 e. The molecule has 0 spiro atoms. The smallest absolute Gasteiger partial charge is 0.234 e. The summed E-state index contributed by atoms with van der Waals surface area (Å²) in [5.74, 6) is 0.468. The minimum absolute atomic E-state index is 0.101. The average molecular weight is 380 g/mol. The summed E-state index contributed by atoms with van der Waals surface area (Å²) in [6.45, 7) is 2.64. The van der Waals surface area contributed by atoms with Crippen molar-refractivity contribution in [2.75, 3.05) is 17.3 Å². The van der Waals surface area contributed by atoms with E-state index in [-0.39, 0.29) is 24.0 Å². The number of carbonyl (C=O) groups is 2. The van der Waals surface area contributed by atoms with Gasteiger partial charge in [0.25, 0.3) is 0 Å². The van der Waals surface area contributed by atoms with Gasteiger partial charge >= 0.3 is 0 Å². The molecule has 3 N–H and O–H groups in total. The van der Waals surface area contributed by atoms with Crippen molar-refractivity contribution in [3.8, 4) is 0 Å². The van der Waals surface area contributed by atoms with E-state index in [1.54, 1.807) is 11.8 Å². The van der Waals surface area contributed by atoms with E-state index in [2.05, 4.69) is 15.5 Å². The predicted octanol–water partition coefficient (Wildman–Crippen LogP) is 2.17. The second-order valence-corrected chi connectivity index (χ2v) is 6.94. The molecule has 134 valence electrons. The van der Waals surface area contributed by atoms with Gasteiger partial charge in [-0.3, -0.25) is 9.59 Å². The third-order valence-corrected chi connectivity index (χ3v) is 5.18. The molecular weight excluding hydrogens is 358 g/mol. The highest BCUT2D eigenvalue weighted by Gasteiger charge is 2.14. The van der Waals surface area contributed by atoms with Crippen molar-refractivity contribution >= 4 is 41.0 Å². The Bertz CT molecular complexity index is 748. The number of thioether (sulfide) groups is 2. The molecule has 0 fully saturated rings. The number of amides is 2. The van der Waals surface area contributed by atoms with Crippen molar-refractivity contribution in [1.29, 1.82) is 0 Å². The molecule has 0 aliphatic heterocycles. The number of carbonyl (C=O) groups excluding carboxylic acids is 2. The third-order valence-electron chi connectivity index (χ3n) is 3.42. The van der Waals surface area contributed by atoms with Crippen LogP contribution in [-0.2, 0) is 22.6 Å². The molecule has 7 nitrogen and oxygen atoms in total. The van der Waals surface area contributed by atoms with Crippen LogP contribution in [0.1, 0.15) is 19.2 Å². The average Bonchev–Trinajstić information content (AvgIpc) is 3.00. The van der Waals surface area contributed by atoms with Gasteiger partial charge in [0, 0.05) is 24.3 Å². The predicted molar refractivity (Wildman–Crippen MR) is 101 cm³/mol. The first-order valence-corrected chi connectivity index (χ1v) is 10.0. The van der Waals surface area contributed by atoms with Crippen LogP contribution >= 0.6 is 23.5 Å². The molecule has 2 amide bonds. The number of aryl methyl sites for hydroxylation is 1. The monoisotopic (exact) mass is 379 g/mol. The van der Waals surface area contributed by atoms with Crippen LogP contribution in [0.15, 0.2) is 34.3 Å². The molecule has 0 aliphatic carbocycles. The first kappa shape index (κ1) is 19.3. The van der Waals surface area contributed by atoms with Crippen LogP contribution in [0.5, 0.6) is 0 Å². The molecule has 0 bridgehead atoms. The van der Waals surface area contributed by atoms with Crippen molar-refractivity contribution < 1.29 is 9.59 Å². The van der Waals surface area contributed by atoms with Crippen molar-refractivity contribution in [2.24, 2.45) is 5.73 Å². The Hall–Kier alpha value is -2.00. The fourth-order valence-corrected chi connectivity index (χ4v) is 3.60. The van der Waals surface area contributed by atoms with Crippen LogP contribution in [0.25, 0.3) is 0 Å². The number of primary amides is 1. The molecule has 1 aromatic carbocycles. The lowest BCUT2D eigenvalue weighted by Crippen LogP contribution is -2.15. The lowest BCUT2D eigenvalue weighted by atomic mass is 10.3. The zero-order valence-electron chi connectivity index (χ0n) is 14.2. The van der Waals surface area contributed by atoms with Gasteiger partial charge in [0.15, 0.2) is 5.16 Å². The van der Waals surface area contributed by atoms with E-state index in [0.717, 1.165) is 10.6 Å². The van der Waals surface area contributed by atoms with Crippen LogP contribution in [0, 0.1) is 0 Å². The van der Waals surface area contributed by atoms with Gasteiger partial charge in [-0.15, -0.1) is 22.0 Å². The summed E-state index contributed by atoms with van der Waals surface area (Å²) < 4.78 is 1.90. The second kappa shape index (κ2) is 9.47. The van der Waals surface area contributed by atoms with Crippen LogP contribution in [0.3, 0.4) is 0 Å². The summed E-state index contributed by atoms with van der Waals surface area (Å²) >= 11 is 2.91. The second-order valence-electron chi connectivity index (χ2n) is 5.15. The lowest BCUT2D eigenvalue weighted by Gasteiger charge is -2.09. The van der Waals surface area contributed by atoms with E-state index < -0.39 is 0 Å². The molecule has 0 saturated carbocycles. The van der Waals surface area contributed by atoms with E-state index in [9.17, 15) is 9.59 Å².